The van der Waals surface area contributed by atoms with Crippen LogP contribution in [0.4, 0.5) is 5.82 Å². The van der Waals surface area contributed by atoms with Gasteiger partial charge in [-0.15, -0.1) is 0 Å². The molecule has 2 heterocycles. The molecule has 7 nitrogen and oxygen atoms in total. The summed E-state index contributed by atoms with van der Waals surface area (Å²) >= 11 is 1.25. The van der Waals surface area contributed by atoms with Crippen molar-refractivity contribution in [3.8, 4) is 0 Å². The molecule has 0 aliphatic carbocycles. The number of aryl methyl sites for hydroxylation is 3. The standard InChI is InChI=1S/C23H23N5O2S/c1-15-8-10-17(11-9-15)13-28-22(30)18-6-4-5-7-19(18)24-23(28)31-14-21(29)25-20-12-16(2)26-27(20)3/h4-12H,13-14H2,1-3H3,(H,25,29). The molecule has 0 saturated carbocycles. The maximum atomic E-state index is 13.2. The van der Waals surface area contributed by atoms with Crippen molar-refractivity contribution in [1.29, 1.82) is 0 Å². The maximum Gasteiger partial charge on any atom is 0.262 e. The summed E-state index contributed by atoms with van der Waals surface area (Å²) in [6, 6.07) is 17.1. The molecular weight excluding hydrogens is 410 g/mol. The lowest BCUT2D eigenvalue weighted by molar-refractivity contribution is -0.113. The molecule has 4 aromatic rings. The van der Waals surface area contributed by atoms with Crippen molar-refractivity contribution >= 4 is 34.4 Å². The summed E-state index contributed by atoms with van der Waals surface area (Å²) in [5.74, 6) is 0.576. The molecule has 8 heteroatoms. The Morgan fingerprint density at radius 3 is 2.55 bits per heavy atom. The zero-order valence-electron chi connectivity index (χ0n) is 17.6. The lowest BCUT2D eigenvalue weighted by atomic mass is 10.1. The number of nitrogens with zero attached hydrogens (tertiary/aromatic N) is 4. The fourth-order valence-electron chi connectivity index (χ4n) is 3.31. The third-order valence-corrected chi connectivity index (χ3v) is 5.87. The minimum absolute atomic E-state index is 0.114. The van der Waals surface area contributed by atoms with Gasteiger partial charge in [-0.2, -0.15) is 5.10 Å². The molecule has 31 heavy (non-hydrogen) atoms. The number of nitrogens with one attached hydrogen (secondary N) is 1. The highest BCUT2D eigenvalue weighted by Crippen LogP contribution is 2.20. The van der Waals surface area contributed by atoms with Crippen molar-refractivity contribution in [2.75, 3.05) is 11.1 Å². The number of fused-ring (bicyclic) bond motifs is 1. The van der Waals surface area contributed by atoms with E-state index in [9.17, 15) is 9.59 Å². The van der Waals surface area contributed by atoms with E-state index in [2.05, 4.69) is 15.4 Å². The average molecular weight is 434 g/mol. The van der Waals surface area contributed by atoms with E-state index in [1.165, 1.54) is 11.8 Å². The predicted octanol–water partition coefficient (Wildman–Crippen LogP) is 3.53. The molecule has 0 atom stereocenters. The van der Waals surface area contributed by atoms with Gasteiger partial charge in [0.15, 0.2) is 5.16 Å². The van der Waals surface area contributed by atoms with Gasteiger partial charge in [0.1, 0.15) is 5.82 Å². The lowest BCUT2D eigenvalue weighted by Crippen LogP contribution is -2.25. The van der Waals surface area contributed by atoms with E-state index in [0.717, 1.165) is 16.8 Å². The van der Waals surface area contributed by atoms with Crippen molar-refractivity contribution in [3.63, 3.8) is 0 Å². The number of anilines is 1. The van der Waals surface area contributed by atoms with Gasteiger partial charge in [0.05, 0.1) is 28.9 Å². The van der Waals surface area contributed by atoms with E-state index in [0.29, 0.717) is 28.4 Å². The molecule has 0 aliphatic heterocycles. The first kappa shape index (κ1) is 20.9. The molecular formula is C23H23N5O2S. The Balaban J connectivity index is 1.62. The lowest BCUT2D eigenvalue weighted by Gasteiger charge is -2.13. The van der Waals surface area contributed by atoms with Crippen LogP contribution in [0.25, 0.3) is 10.9 Å². The molecule has 0 unspecified atom stereocenters. The number of amides is 1. The van der Waals surface area contributed by atoms with Crippen LogP contribution in [-0.2, 0) is 18.4 Å². The SMILES string of the molecule is Cc1ccc(Cn2c(SCC(=O)Nc3cc(C)nn3C)nc3ccccc3c2=O)cc1. The van der Waals surface area contributed by atoms with Crippen molar-refractivity contribution in [1.82, 2.24) is 19.3 Å². The van der Waals surface area contributed by atoms with Crippen LogP contribution in [0.2, 0.25) is 0 Å². The summed E-state index contributed by atoms with van der Waals surface area (Å²) in [5.41, 5.74) is 3.49. The number of benzene rings is 2. The van der Waals surface area contributed by atoms with Crippen LogP contribution in [0.1, 0.15) is 16.8 Å². The number of rotatable bonds is 6. The third-order valence-electron chi connectivity index (χ3n) is 4.89. The summed E-state index contributed by atoms with van der Waals surface area (Å²) in [4.78, 5) is 30.4. The number of aromatic nitrogens is 4. The second kappa shape index (κ2) is 8.77. The molecule has 1 amide bonds. The van der Waals surface area contributed by atoms with Gasteiger partial charge in [-0.1, -0.05) is 53.7 Å². The first-order valence-electron chi connectivity index (χ1n) is 9.89. The smallest absolute Gasteiger partial charge is 0.262 e. The van der Waals surface area contributed by atoms with Crippen molar-refractivity contribution in [3.05, 3.63) is 81.8 Å². The van der Waals surface area contributed by atoms with Gasteiger partial charge < -0.3 is 5.32 Å². The number of thioether (sulfide) groups is 1. The van der Waals surface area contributed by atoms with Gasteiger partial charge in [0, 0.05) is 13.1 Å². The van der Waals surface area contributed by atoms with Crippen LogP contribution in [0.5, 0.6) is 0 Å². The molecule has 0 saturated heterocycles. The quantitative estimate of drug-likeness (QED) is 0.372. The van der Waals surface area contributed by atoms with E-state index >= 15 is 0 Å². The molecule has 158 valence electrons. The summed E-state index contributed by atoms with van der Waals surface area (Å²) in [7, 11) is 1.78. The van der Waals surface area contributed by atoms with Crippen LogP contribution in [0.15, 0.2) is 64.5 Å². The molecule has 2 aromatic carbocycles. The topological polar surface area (TPSA) is 81.8 Å². The zero-order valence-corrected chi connectivity index (χ0v) is 18.4. The monoisotopic (exact) mass is 433 g/mol. The molecule has 0 aliphatic rings. The maximum absolute atomic E-state index is 13.2. The molecule has 0 fully saturated rings. The van der Waals surface area contributed by atoms with E-state index in [-0.39, 0.29) is 17.2 Å². The van der Waals surface area contributed by atoms with E-state index in [1.54, 1.807) is 22.4 Å². The zero-order chi connectivity index (χ0) is 22.0. The number of carbonyl (C=O) groups excluding carboxylic acids is 1. The number of para-hydroxylation sites is 1. The van der Waals surface area contributed by atoms with Crippen molar-refractivity contribution < 1.29 is 4.79 Å². The molecule has 0 bridgehead atoms. The summed E-state index contributed by atoms with van der Waals surface area (Å²) in [6.45, 7) is 4.28. The Kier molecular flexibility index (Phi) is 5.90. The first-order valence-corrected chi connectivity index (χ1v) is 10.9. The highest BCUT2D eigenvalue weighted by Gasteiger charge is 2.14. The van der Waals surface area contributed by atoms with Gasteiger partial charge in [0.2, 0.25) is 5.91 Å². The number of hydrogen-bond donors (Lipinski definition) is 1. The van der Waals surface area contributed by atoms with Gasteiger partial charge >= 0.3 is 0 Å². The van der Waals surface area contributed by atoms with Crippen molar-refractivity contribution in [2.24, 2.45) is 7.05 Å². The largest absolute Gasteiger partial charge is 0.310 e. The Labute approximate surface area is 184 Å². The minimum Gasteiger partial charge on any atom is -0.310 e. The van der Waals surface area contributed by atoms with Crippen LogP contribution >= 0.6 is 11.8 Å². The third kappa shape index (κ3) is 4.69. The normalized spacial score (nSPS) is 11.1. The van der Waals surface area contributed by atoms with Gasteiger partial charge in [-0.3, -0.25) is 18.8 Å². The van der Waals surface area contributed by atoms with Crippen LogP contribution in [0.3, 0.4) is 0 Å². The van der Waals surface area contributed by atoms with Crippen LogP contribution < -0.4 is 10.9 Å². The summed E-state index contributed by atoms with van der Waals surface area (Å²) < 4.78 is 3.26. The summed E-state index contributed by atoms with van der Waals surface area (Å²) in [6.07, 6.45) is 0. The predicted molar refractivity (Wildman–Crippen MR) is 124 cm³/mol. The van der Waals surface area contributed by atoms with Crippen LogP contribution in [-0.4, -0.2) is 31.0 Å². The first-order chi connectivity index (χ1) is 14.9. The highest BCUT2D eigenvalue weighted by molar-refractivity contribution is 7.99. The van der Waals surface area contributed by atoms with Crippen molar-refractivity contribution in [2.45, 2.75) is 25.5 Å². The molecule has 2 aromatic heterocycles. The average Bonchev–Trinajstić information content (AvgIpc) is 3.06. The molecule has 1 N–H and O–H groups in total. The Morgan fingerprint density at radius 2 is 1.84 bits per heavy atom. The Bertz CT molecular complexity index is 1310. The minimum atomic E-state index is -0.183. The molecule has 0 spiro atoms. The second-order valence-electron chi connectivity index (χ2n) is 7.42. The van der Waals surface area contributed by atoms with Gasteiger partial charge in [-0.25, -0.2) is 4.98 Å². The van der Waals surface area contributed by atoms with E-state index in [1.807, 2.05) is 62.4 Å². The van der Waals surface area contributed by atoms with Gasteiger partial charge in [0.25, 0.3) is 5.56 Å². The van der Waals surface area contributed by atoms with Gasteiger partial charge in [-0.05, 0) is 31.5 Å². The Morgan fingerprint density at radius 1 is 1.10 bits per heavy atom. The van der Waals surface area contributed by atoms with E-state index in [4.69, 9.17) is 0 Å². The molecule has 0 radical (unpaired) electrons. The Hall–Kier alpha value is -3.39. The molecule has 4 rings (SSSR count). The number of carbonyl (C=O) groups is 1. The second-order valence-corrected chi connectivity index (χ2v) is 8.36. The van der Waals surface area contributed by atoms with E-state index < -0.39 is 0 Å². The van der Waals surface area contributed by atoms with Crippen LogP contribution in [0, 0.1) is 13.8 Å². The highest BCUT2D eigenvalue weighted by atomic mass is 32.2. The summed E-state index contributed by atoms with van der Waals surface area (Å²) in [5, 5.41) is 8.16. The fourth-order valence-corrected chi connectivity index (χ4v) is 4.11. The number of hydrogen-bond acceptors (Lipinski definition) is 5. The fraction of sp³-hybridized carbons (Fsp3) is 0.217.